The summed E-state index contributed by atoms with van der Waals surface area (Å²) < 4.78 is 5.79. The maximum Gasteiger partial charge on any atom is 0.251 e. The van der Waals surface area contributed by atoms with E-state index in [1.165, 1.54) is 12.8 Å². The van der Waals surface area contributed by atoms with Crippen LogP contribution in [0.2, 0.25) is 0 Å². The van der Waals surface area contributed by atoms with E-state index in [-0.39, 0.29) is 18.3 Å². The lowest BCUT2D eigenvalue weighted by Crippen LogP contribution is -2.38. The molecule has 0 aromatic heterocycles. The summed E-state index contributed by atoms with van der Waals surface area (Å²) in [5, 5.41) is 6.45. The van der Waals surface area contributed by atoms with Crippen LogP contribution in [0.4, 0.5) is 0 Å². The van der Waals surface area contributed by atoms with Gasteiger partial charge in [0.05, 0.1) is 0 Å². The van der Waals surface area contributed by atoms with Gasteiger partial charge in [0.1, 0.15) is 12.4 Å². The number of benzene rings is 2. The van der Waals surface area contributed by atoms with Gasteiger partial charge in [0.2, 0.25) is 0 Å². The topological polar surface area (TPSA) is 50.4 Å². The Hall–Kier alpha value is -2.04. The van der Waals surface area contributed by atoms with Crippen LogP contribution in [0.1, 0.15) is 28.8 Å². The van der Waals surface area contributed by atoms with E-state index in [2.05, 4.69) is 10.6 Å². The molecule has 4 nitrogen and oxygen atoms in total. The summed E-state index contributed by atoms with van der Waals surface area (Å²) in [7, 11) is 0. The molecule has 0 spiro atoms. The van der Waals surface area contributed by atoms with Crippen LogP contribution in [0.15, 0.2) is 54.6 Å². The van der Waals surface area contributed by atoms with E-state index >= 15 is 0 Å². The molecule has 1 heterocycles. The molecule has 25 heavy (non-hydrogen) atoms. The van der Waals surface area contributed by atoms with Crippen molar-refractivity contribution < 1.29 is 9.53 Å². The predicted octanol–water partition coefficient (Wildman–Crippen LogP) is 3.42. The first-order valence-electron chi connectivity index (χ1n) is 8.57. The van der Waals surface area contributed by atoms with Gasteiger partial charge >= 0.3 is 0 Å². The van der Waals surface area contributed by atoms with Gasteiger partial charge in [-0.3, -0.25) is 4.79 Å². The quantitative estimate of drug-likeness (QED) is 0.830. The van der Waals surface area contributed by atoms with Crippen LogP contribution in [0, 0.1) is 5.92 Å². The molecule has 1 aliphatic rings. The van der Waals surface area contributed by atoms with Gasteiger partial charge < -0.3 is 15.4 Å². The standard InChI is InChI=1S/C20H24N2O2.ClH/c23-20(22-14-16-7-6-12-21-13-16)19-11-5-4-8-17(19)15-24-18-9-2-1-3-10-18;/h1-5,8-11,16,21H,6-7,12-15H2,(H,22,23);1H. The SMILES string of the molecule is Cl.O=C(NCC1CCCNC1)c1ccccc1COc1ccccc1. The second-order valence-corrected chi connectivity index (χ2v) is 6.18. The molecule has 1 saturated heterocycles. The van der Waals surface area contributed by atoms with Crippen LogP contribution < -0.4 is 15.4 Å². The minimum absolute atomic E-state index is 0. The fourth-order valence-electron chi connectivity index (χ4n) is 2.98. The van der Waals surface area contributed by atoms with E-state index in [1.54, 1.807) is 0 Å². The zero-order valence-electron chi connectivity index (χ0n) is 14.2. The monoisotopic (exact) mass is 360 g/mol. The Morgan fingerprint density at radius 1 is 1.12 bits per heavy atom. The molecule has 3 rings (SSSR count). The molecule has 1 fully saturated rings. The number of carbonyl (C=O) groups is 1. The molecule has 1 atom stereocenters. The Balaban J connectivity index is 0.00000225. The number of hydrogen-bond acceptors (Lipinski definition) is 3. The first kappa shape index (κ1) is 19.3. The lowest BCUT2D eigenvalue weighted by atomic mass is 9.99. The third-order valence-corrected chi connectivity index (χ3v) is 4.35. The van der Waals surface area contributed by atoms with Crippen molar-refractivity contribution in [3.8, 4) is 5.75 Å². The van der Waals surface area contributed by atoms with Gasteiger partial charge in [-0.25, -0.2) is 0 Å². The summed E-state index contributed by atoms with van der Waals surface area (Å²) >= 11 is 0. The normalized spacial score (nSPS) is 16.6. The first-order chi connectivity index (χ1) is 11.8. The van der Waals surface area contributed by atoms with Crippen molar-refractivity contribution in [2.45, 2.75) is 19.4 Å². The Labute approximate surface area is 155 Å². The minimum atomic E-state index is -0.0205. The van der Waals surface area contributed by atoms with Crippen LogP contribution >= 0.6 is 12.4 Å². The number of para-hydroxylation sites is 1. The highest BCUT2D eigenvalue weighted by Crippen LogP contribution is 2.15. The third-order valence-electron chi connectivity index (χ3n) is 4.35. The van der Waals surface area contributed by atoms with Crippen LogP contribution in [-0.4, -0.2) is 25.5 Å². The number of ether oxygens (including phenoxy) is 1. The van der Waals surface area contributed by atoms with E-state index in [4.69, 9.17) is 4.74 Å². The summed E-state index contributed by atoms with van der Waals surface area (Å²) in [5.41, 5.74) is 1.60. The highest BCUT2D eigenvalue weighted by atomic mass is 35.5. The number of carbonyl (C=O) groups excluding carboxylic acids is 1. The molecule has 2 N–H and O–H groups in total. The molecule has 1 unspecified atom stereocenters. The van der Waals surface area contributed by atoms with Gasteiger partial charge in [-0.1, -0.05) is 36.4 Å². The first-order valence-corrected chi connectivity index (χ1v) is 8.57. The van der Waals surface area contributed by atoms with Crippen LogP contribution in [0.5, 0.6) is 5.75 Å². The number of piperidine rings is 1. The third kappa shape index (κ3) is 5.76. The van der Waals surface area contributed by atoms with Crippen molar-refractivity contribution in [2.75, 3.05) is 19.6 Å². The molecule has 134 valence electrons. The zero-order valence-corrected chi connectivity index (χ0v) is 15.1. The summed E-state index contributed by atoms with van der Waals surface area (Å²) in [6.45, 7) is 3.18. The smallest absolute Gasteiger partial charge is 0.251 e. The Bertz CT molecular complexity index is 658. The van der Waals surface area contributed by atoms with E-state index in [0.717, 1.165) is 30.9 Å². The van der Waals surface area contributed by atoms with Crippen molar-refractivity contribution in [3.63, 3.8) is 0 Å². The average Bonchev–Trinajstić information content (AvgIpc) is 2.66. The van der Waals surface area contributed by atoms with Crippen molar-refractivity contribution in [2.24, 2.45) is 5.92 Å². The molecule has 0 bridgehead atoms. The van der Waals surface area contributed by atoms with E-state index in [1.807, 2.05) is 54.6 Å². The summed E-state index contributed by atoms with van der Waals surface area (Å²) in [4.78, 5) is 12.5. The van der Waals surface area contributed by atoms with Crippen molar-refractivity contribution >= 4 is 18.3 Å². The molecule has 0 saturated carbocycles. The van der Waals surface area contributed by atoms with Gasteiger partial charge in [0, 0.05) is 17.7 Å². The minimum Gasteiger partial charge on any atom is -0.489 e. The van der Waals surface area contributed by atoms with Gasteiger partial charge in [0.15, 0.2) is 0 Å². The maximum atomic E-state index is 12.5. The molecule has 1 aliphatic heterocycles. The second-order valence-electron chi connectivity index (χ2n) is 6.18. The second kappa shape index (κ2) is 10.1. The largest absolute Gasteiger partial charge is 0.489 e. The van der Waals surface area contributed by atoms with Crippen LogP contribution in [-0.2, 0) is 6.61 Å². The number of rotatable bonds is 6. The Morgan fingerprint density at radius 3 is 2.64 bits per heavy atom. The molecule has 0 radical (unpaired) electrons. The van der Waals surface area contributed by atoms with E-state index < -0.39 is 0 Å². The van der Waals surface area contributed by atoms with E-state index in [0.29, 0.717) is 18.1 Å². The summed E-state index contributed by atoms with van der Waals surface area (Å²) in [6.07, 6.45) is 2.36. The predicted molar refractivity (Wildman–Crippen MR) is 102 cm³/mol. The fourth-order valence-corrected chi connectivity index (χ4v) is 2.98. The Kier molecular flexibility index (Phi) is 7.76. The van der Waals surface area contributed by atoms with Gasteiger partial charge in [-0.05, 0) is 50.0 Å². The average molecular weight is 361 g/mol. The molecular formula is C20H25ClN2O2. The zero-order chi connectivity index (χ0) is 16.6. The van der Waals surface area contributed by atoms with Crippen molar-refractivity contribution in [1.29, 1.82) is 0 Å². The van der Waals surface area contributed by atoms with Crippen LogP contribution in [0.3, 0.4) is 0 Å². The molecule has 1 amide bonds. The summed E-state index contributed by atoms with van der Waals surface area (Å²) in [6, 6.07) is 17.3. The number of nitrogens with one attached hydrogen (secondary N) is 2. The summed E-state index contributed by atoms with van der Waals surface area (Å²) in [5.74, 6) is 1.31. The molecular weight excluding hydrogens is 336 g/mol. The Morgan fingerprint density at radius 2 is 1.88 bits per heavy atom. The molecule has 0 aliphatic carbocycles. The van der Waals surface area contributed by atoms with Gasteiger partial charge in [0.25, 0.3) is 5.91 Å². The lowest BCUT2D eigenvalue weighted by Gasteiger charge is -2.23. The van der Waals surface area contributed by atoms with Crippen molar-refractivity contribution in [1.82, 2.24) is 10.6 Å². The number of hydrogen-bond donors (Lipinski definition) is 2. The highest BCUT2D eigenvalue weighted by molar-refractivity contribution is 5.95. The van der Waals surface area contributed by atoms with Crippen LogP contribution in [0.25, 0.3) is 0 Å². The number of amides is 1. The lowest BCUT2D eigenvalue weighted by molar-refractivity contribution is 0.0942. The maximum absolute atomic E-state index is 12.5. The molecule has 2 aromatic carbocycles. The van der Waals surface area contributed by atoms with Gasteiger partial charge in [-0.15, -0.1) is 12.4 Å². The number of halogens is 1. The van der Waals surface area contributed by atoms with Gasteiger partial charge in [-0.2, -0.15) is 0 Å². The van der Waals surface area contributed by atoms with E-state index in [9.17, 15) is 4.79 Å². The molecule has 2 aromatic rings. The highest BCUT2D eigenvalue weighted by Gasteiger charge is 2.16. The molecule has 5 heteroatoms. The van der Waals surface area contributed by atoms with Crippen molar-refractivity contribution in [3.05, 3.63) is 65.7 Å². The fraction of sp³-hybridized carbons (Fsp3) is 0.350.